The summed E-state index contributed by atoms with van der Waals surface area (Å²) >= 11 is 3.34. The van der Waals surface area contributed by atoms with E-state index in [9.17, 15) is 4.79 Å². The van der Waals surface area contributed by atoms with E-state index >= 15 is 0 Å². The summed E-state index contributed by atoms with van der Waals surface area (Å²) in [4.78, 5) is 20.6. The van der Waals surface area contributed by atoms with Crippen LogP contribution in [0.4, 0.5) is 5.82 Å². The fraction of sp³-hybridized carbons (Fsp3) is 0.455. The second-order valence-electron chi connectivity index (χ2n) is 4.28. The third-order valence-corrected chi connectivity index (χ3v) is 3.31. The Morgan fingerprint density at radius 2 is 2.50 bits per heavy atom. The average molecular weight is 310 g/mol. The molecule has 2 rings (SSSR count). The Bertz CT molecular complexity index is 526. The van der Waals surface area contributed by atoms with Crippen LogP contribution in [0.15, 0.2) is 21.9 Å². The van der Waals surface area contributed by atoms with Crippen LogP contribution in [0.1, 0.15) is 12.0 Å². The highest BCUT2D eigenvalue weighted by atomic mass is 79.9. The van der Waals surface area contributed by atoms with Crippen LogP contribution in [0.25, 0.3) is 10.4 Å². The summed E-state index contributed by atoms with van der Waals surface area (Å²) in [7, 11) is 0. The third kappa shape index (κ3) is 2.63. The van der Waals surface area contributed by atoms with Crippen LogP contribution in [-0.4, -0.2) is 24.0 Å². The van der Waals surface area contributed by atoms with Gasteiger partial charge in [-0.05, 0) is 45.9 Å². The Hall–Kier alpha value is -1.59. The molecule has 1 unspecified atom stereocenters. The lowest BCUT2D eigenvalue weighted by Gasteiger charge is -2.17. The monoisotopic (exact) mass is 309 g/mol. The lowest BCUT2D eigenvalue weighted by Crippen LogP contribution is -2.26. The first-order valence-electron chi connectivity index (χ1n) is 5.55. The largest absolute Gasteiger partial charge is 0.296 e. The molecule has 0 aliphatic carbocycles. The fourth-order valence-corrected chi connectivity index (χ4v) is 2.52. The average Bonchev–Trinajstić information content (AvgIpc) is 2.68. The molecule has 6 nitrogen and oxygen atoms in total. The number of nitrogens with zero attached hydrogens (tertiary/aromatic N) is 5. The molecule has 1 aliphatic rings. The minimum Gasteiger partial charge on any atom is -0.296 e. The summed E-state index contributed by atoms with van der Waals surface area (Å²) in [6.45, 7) is 2.84. The van der Waals surface area contributed by atoms with Crippen LogP contribution in [-0.2, 0) is 4.79 Å². The molecule has 1 aliphatic heterocycles. The van der Waals surface area contributed by atoms with Crippen molar-refractivity contribution in [1.82, 2.24) is 4.98 Å². The molecule has 1 amide bonds. The van der Waals surface area contributed by atoms with Gasteiger partial charge in [-0.2, -0.15) is 0 Å². The van der Waals surface area contributed by atoms with Crippen molar-refractivity contribution in [3.8, 4) is 0 Å². The molecule has 1 saturated heterocycles. The summed E-state index contributed by atoms with van der Waals surface area (Å²) in [5.74, 6) is 0.802. The van der Waals surface area contributed by atoms with E-state index in [0.717, 1.165) is 10.0 Å². The van der Waals surface area contributed by atoms with Gasteiger partial charge in [0.05, 0.1) is 0 Å². The normalized spacial score (nSPS) is 18.9. The number of aromatic nitrogens is 1. The Morgan fingerprint density at radius 3 is 3.17 bits per heavy atom. The van der Waals surface area contributed by atoms with Gasteiger partial charge in [-0.15, -0.1) is 0 Å². The second-order valence-corrected chi connectivity index (χ2v) is 5.20. The number of aryl methyl sites for hydroxylation is 1. The van der Waals surface area contributed by atoms with Crippen LogP contribution >= 0.6 is 15.9 Å². The molecule has 0 N–H and O–H groups in total. The first-order chi connectivity index (χ1) is 8.61. The number of hydrogen-bond acceptors (Lipinski definition) is 3. The zero-order valence-corrected chi connectivity index (χ0v) is 11.5. The maximum Gasteiger partial charge on any atom is 0.228 e. The molecule has 7 heteroatoms. The maximum absolute atomic E-state index is 11.9. The van der Waals surface area contributed by atoms with E-state index in [0.29, 0.717) is 25.3 Å². The highest BCUT2D eigenvalue weighted by Crippen LogP contribution is 2.27. The summed E-state index contributed by atoms with van der Waals surface area (Å²) < 4.78 is 0.890. The molecule has 0 spiro atoms. The Morgan fingerprint density at radius 1 is 1.72 bits per heavy atom. The van der Waals surface area contributed by atoms with E-state index < -0.39 is 0 Å². The molecule has 1 fully saturated rings. The van der Waals surface area contributed by atoms with Crippen LogP contribution in [0, 0.1) is 12.8 Å². The smallest absolute Gasteiger partial charge is 0.228 e. The predicted molar refractivity (Wildman–Crippen MR) is 71.1 cm³/mol. The van der Waals surface area contributed by atoms with E-state index in [1.807, 2.05) is 13.0 Å². The molecular weight excluding hydrogens is 298 g/mol. The minimum atomic E-state index is 0.0334. The maximum atomic E-state index is 11.9. The number of hydrogen-bond donors (Lipinski definition) is 0. The van der Waals surface area contributed by atoms with E-state index in [1.165, 1.54) is 0 Å². The topological polar surface area (TPSA) is 82.0 Å². The van der Waals surface area contributed by atoms with Gasteiger partial charge < -0.3 is 0 Å². The first kappa shape index (κ1) is 12.9. The highest BCUT2D eigenvalue weighted by Gasteiger charge is 2.31. The number of rotatable bonds is 3. The third-order valence-electron chi connectivity index (χ3n) is 2.88. The van der Waals surface area contributed by atoms with Gasteiger partial charge in [0.15, 0.2) is 0 Å². The van der Waals surface area contributed by atoms with Gasteiger partial charge in [-0.25, -0.2) is 4.98 Å². The molecular formula is C11H12BrN5O. The van der Waals surface area contributed by atoms with Crippen LogP contribution in [0.3, 0.4) is 0 Å². The van der Waals surface area contributed by atoms with Crippen molar-refractivity contribution in [2.75, 3.05) is 18.0 Å². The lowest BCUT2D eigenvalue weighted by molar-refractivity contribution is -0.117. The SMILES string of the molecule is Cc1cc(Br)cnc1N1CC(CN=[N+]=[N-])CC1=O. The zero-order chi connectivity index (χ0) is 13.1. The standard InChI is InChI=1S/C11H12BrN5O/c1-7-2-9(12)5-14-11(7)17-6-8(3-10(17)18)4-15-16-13/h2,5,8H,3-4,6H2,1H3. The van der Waals surface area contributed by atoms with Crippen molar-refractivity contribution >= 4 is 27.7 Å². The number of halogens is 1. The molecule has 1 aromatic rings. The number of pyridine rings is 1. The van der Waals surface area contributed by atoms with Crippen LogP contribution in [0.2, 0.25) is 0 Å². The molecule has 0 aromatic carbocycles. The van der Waals surface area contributed by atoms with Crippen molar-refractivity contribution < 1.29 is 4.79 Å². The number of carbonyl (C=O) groups is 1. The Kier molecular flexibility index (Phi) is 3.84. The number of azide groups is 1. The first-order valence-corrected chi connectivity index (χ1v) is 6.34. The molecule has 1 atom stereocenters. The number of anilines is 1. The van der Waals surface area contributed by atoms with Crippen molar-refractivity contribution in [2.24, 2.45) is 11.0 Å². The highest BCUT2D eigenvalue weighted by molar-refractivity contribution is 9.10. The van der Waals surface area contributed by atoms with Gasteiger partial charge in [0, 0.05) is 35.1 Å². The molecule has 2 heterocycles. The Labute approximate surface area is 113 Å². The lowest BCUT2D eigenvalue weighted by atomic mass is 10.1. The van der Waals surface area contributed by atoms with Gasteiger partial charge in [0.1, 0.15) is 5.82 Å². The van der Waals surface area contributed by atoms with Crippen molar-refractivity contribution in [2.45, 2.75) is 13.3 Å². The Balaban J connectivity index is 2.18. The summed E-state index contributed by atoms with van der Waals surface area (Å²) in [6.07, 6.45) is 2.09. The fourth-order valence-electron chi connectivity index (χ4n) is 2.08. The van der Waals surface area contributed by atoms with Crippen LogP contribution < -0.4 is 4.90 Å². The molecule has 0 radical (unpaired) electrons. The van der Waals surface area contributed by atoms with Crippen molar-refractivity contribution in [3.63, 3.8) is 0 Å². The molecule has 0 bridgehead atoms. The molecule has 94 valence electrons. The van der Waals surface area contributed by atoms with E-state index in [-0.39, 0.29) is 11.8 Å². The van der Waals surface area contributed by atoms with Crippen molar-refractivity contribution in [1.29, 1.82) is 0 Å². The summed E-state index contributed by atoms with van der Waals surface area (Å²) in [5, 5.41) is 3.53. The van der Waals surface area contributed by atoms with Gasteiger partial charge in [0.25, 0.3) is 0 Å². The minimum absolute atomic E-state index is 0.0334. The van der Waals surface area contributed by atoms with Gasteiger partial charge >= 0.3 is 0 Å². The van der Waals surface area contributed by atoms with Gasteiger partial charge in [-0.3, -0.25) is 9.69 Å². The second kappa shape index (κ2) is 5.37. The van der Waals surface area contributed by atoms with E-state index in [4.69, 9.17) is 5.53 Å². The predicted octanol–water partition coefficient (Wildman–Crippen LogP) is 2.82. The van der Waals surface area contributed by atoms with Gasteiger partial charge in [0.2, 0.25) is 5.91 Å². The summed E-state index contributed by atoms with van der Waals surface area (Å²) in [5.41, 5.74) is 9.24. The number of amides is 1. The van der Waals surface area contributed by atoms with E-state index in [1.54, 1.807) is 11.1 Å². The molecule has 18 heavy (non-hydrogen) atoms. The van der Waals surface area contributed by atoms with Crippen molar-refractivity contribution in [3.05, 3.63) is 32.7 Å². The molecule has 1 aromatic heterocycles. The van der Waals surface area contributed by atoms with Crippen LogP contribution in [0.5, 0.6) is 0 Å². The molecule has 0 saturated carbocycles. The number of carbonyl (C=O) groups excluding carboxylic acids is 1. The quantitative estimate of drug-likeness (QED) is 0.488. The summed E-state index contributed by atoms with van der Waals surface area (Å²) in [6, 6.07) is 1.93. The van der Waals surface area contributed by atoms with Gasteiger partial charge in [-0.1, -0.05) is 5.11 Å². The zero-order valence-electron chi connectivity index (χ0n) is 9.88. The van der Waals surface area contributed by atoms with E-state index in [2.05, 4.69) is 30.9 Å².